The number of nitrogens with zero attached hydrogens (tertiary/aromatic N) is 3. The molecule has 1 aromatic carbocycles. The van der Waals surface area contributed by atoms with Gasteiger partial charge in [-0.25, -0.2) is 9.89 Å². The van der Waals surface area contributed by atoms with E-state index in [9.17, 15) is 14.4 Å². The third kappa shape index (κ3) is 4.41. The quantitative estimate of drug-likeness (QED) is 0.727. The second kappa shape index (κ2) is 8.73. The number of nitrogens with one attached hydrogen (secondary N) is 2. The normalized spacial score (nSPS) is 14.7. The maximum absolute atomic E-state index is 12.4. The van der Waals surface area contributed by atoms with Crippen LogP contribution >= 0.6 is 0 Å². The highest BCUT2D eigenvalue weighted by atomic mass is 16.5. The summed E-state index contributed by atoms with van der Waals surface area (Å²) in [6.07, 6.45) is 1.24. The molecule has 28 heavy (non-hydrogen) atoms. The van der Waals surface area contributed by atoms with Gasteiger partial charge in [-0.15, -0.1) is 0 Å². The maximum atomic E-state index is 12.4. The van der Waals surface area contributed by atoms with Gasteiger partial charge in [0, 0.05) is 31.2 Å². The van der Waals surface area contributed by atoms with Crippen LogP contribution in [0.1, 0.15) is 37.9 Å². The second-order valence-corrected chi connectivity index (χ2v) is 6.74. The Morgan fingerprint density at radius 3 is 2.54 bits per heavy atom. The average molecular weight is 387 g/mol. The Morgan fingerprint density at radius 1 is 1.25 bits per heavy atom. The lowest BCUT2D eigenvalue weighted by atomic mass is 9.95. The number of hydrogen-bond donors (Lipinski definition) is 2. The van der Waals surface area contributed by atoms with E-state index in [1.165, 1.54) is 0 Å². The molecule has 1 fully saturated rings. The number of piperidine rings is 1. The molecule has 0 bridgehead atoms. The van der Waals surface area contributed by atoms with E-state index in [0.717, 1.165) is 18.7 Å². The highest BCUT2D eigenvalue weighted by Crippen LogP contribution is 2.26. The molecule has 2 aromatic rings. The zero-order chi connectivity index (χ0) is 20.1. The van der Waals surface area contributed by atoms with Crippen molar-refractivity contribution in [3.8, 4) is 5.75 Å². The number of rotatable bonds is 6. The number of amides is 2. The molecule has 1 aromatic heterocycles. The van der Waals surface area contributed by atoms with E-state index in [4.69, 9.17) is 4.74 Å². The van der Waals surface area contributed by atoms with Crippen LogP contribution in [0.2, 0.25) is 0 Å². The molecule has 2 amide bonds. The molecule has 2 heterocycles. The standard InChI is InChI=1S/C19H25N5O4/c1-3-24-18(21-22-19(24)27)13-8-10-23(11-9-13)17(26)12-16(25)20-14-4-6-15(28-2)7-5-14/h4-7,13H,3,8-12H2,1-2H3,(H,20,25)(H,22,27). The summed E-state index contributed by atoms with van der Waals surface area (Å²) in [6, 6.07) is 6.94. The number of carbonyl (C=O) groups is 2. The van der Waals surface area contributed by atoms with Crippen molar-refractivity contribution in [2.24, 2.45) is 0 Å². The van der Waals surface area contributed by atoms with Gasteiger partial charge in [0.15, 0.2) is 0 Å². The first-order chi connectivity index (χ1) is 13.5. The number of anilines is 1. The number of aromatic amines is 1. The SMILES string of the molecule is CCn1c(C2CCN(C(=O)CC(=O)Nc3ccc(OC)cc3)CC2)n[nH]c1=O. The molecular weight excluding hydrogens is 362 g/mol. The van der Waals surface area contributed by atoms with Crippen LogP contribution in [0.3, 0.4) is 0 Å². The van der Waals surface area contributed by atoms with Gasteiger partial charge in [-0.05, 0) is 44.0 Å². The van der Waals surface area contributed by atoms with E-state index in [1.54, 1.807) is 40.8 Å². The Bertz CT molecular complexity index is 878. The molecule has 3 rings (SSSR count). The molecule has 1 aliphatic rings. The molecule has 2 N–H and O–H groups in total. The fourth-order valence-corrected chi connectivity index (χ4v) is 3.46. The monoisotopic (exact) mass is 387 g/mol. The van der Waals surface area contributed by atoms with Crippen LogP contribution in [0.4, 0.5) is 5.69 Å². The van der Waals surface area contributed by atoms with E-state index in [-0.39, 0.29) is 29.8 Å². The third-order valence-corrected chi connectivity index (χ3v) is 5.00. The number of benzene rings is 1. The molecule has 0 atom stereocenters. The number of hydrogen-bond acceptors (Lipinski definition) is 5. The largest absolute Gasteiger partial charge is 0.497 e. The first kappa shape index (κ1) is 19.7. The third-order valence-electron chi connectivity index (χ3n) is 5.00. The van der Waals surface area contributed by atoms with Crippen molar-refractivity contribution in [2.45, 2.75) is 38.6 Å². The smallest absolute Gasteiger partial charge is 0.343 e. The van der Waals surface area contributed by atoms with Gasteiger partial charge in [-0.2, -0.15) is 5.10 Å². The van der Waals surface area contributed by atoms with Crippen molar-refractivity contribution < 1.29 is 14.3 Å². The first-order valence-corrected chi connectivity index (χ1v) is 9.38. The summed E-state index contributed by atoms with van der Waals surface area (Å²) >= 11 is 0. The molecule has 150 valence electrons. The van der Waals surface area contributed by atoms with Gasteiger partial charge >= 0.3 is 5.69 Å². The topological polar surface area (TPSA) is 109 Å². The van der Waals surface area contributed by atoms with Crippen molar-refractivity contribution in [3.63, 3.8) is 0 Å². The summed E-state index contributed by atoms with van der Waals surface area (Å²) in [5.74, 6) is 1.04. The molecule has 9 nitrogen and oxygen atoms in total. The van der Waals surface area contributed by atoms with Crippen LogP contribution in [0.5, 0.6) is 5.75 Å². The van der Waals surface area contributed by atoms with Crippen LogP contribution in [0.25, 0.3) is 0 Å². The minimum Gasteiger partial charge on any atom is -0.497 e. The van der Waals surface area contributed by atoms with Gasteiger partial charge in [0.1, 0.15) is 18.0 Å². The zero-order valence-corrected chi connectivity index (χ0v) is 16.1. The van der Waals surface area contributed by atoms with Gasteiger partial charge in [0.25, 0.3) is 0 Å². The lowest BCUT2D eigenvalue weighted by Gasteiger charge is -2.31. The predicted molar refractivity (Wildman–Crippen MR) is 103 cm³/mol. The van der Waals surface area contributed by atoms with E-state index in [1.807, 2.05) is 6.92 Å². The van der Waals surface area contributed by atoms with Crippen LogP contribution in [0.15, 0.2) is 29.1 Å². The maximum Gasteiger partial charge on any atom is 0.343 e. The van der Waals surface area contributed by atoms with Crippen molar-refractivity contribution in [2.75, 3.05) is 25.5 Å². The van der Waals surface area contributed by atoms with Crippen LogP contribution in [0, 0.1) is 0 Å². The summed E-state index contributed by atoms with van der Waals surface area (Å²) in [7, 11) is 1.57. The summed E-state index contributed by atoms with van der Waals surface area (Å²) in [4.78, 5) is 38.0. The number of methoxy groups -OCH3 is 1. The number of ether oxygens (including phenoxy) is 1. The Labute approximate surface area is 162 Å². The molecule has 0 aliphatic carbocycles. The van der Waals surface area contributed by atoms with Gasteiger partial charge in [0.05, 0.1) is 7.11 Å². The molecule has 0 spiro atoms. The number of carbonyl (C=O) groups excluding carboxylic acids is 2. The van der Waals surface area contributed by atoms with E-state index in [2.05, 4.69) is 15.5 Å². The molecule has 1 aliphatic heterocycles. The van der Waals surface area contributed by atoms with Crippen LogP contribution < -0.4 is 15.7 Å². The molecule has 0 unspecified atom stereocenters. The van der Waals surface area contributed by atoms with Gasteiger partial charge < -0.3 is 15.0 Å². The molecule has 9 heteroatoms. The fraction of sp³-hybridized carbons (Fsp3) is 0.474. The molecule has 1 saturated heterocycles. The molecule has 0 radical (unpaired) electrons. The van der Waals surface area contributed by atoms with Crippen molar-refractivity contribution in [3.05, 3.63) is 40.6 Å². The minimum atomic E-state index is -0.343. The predicted octanol–water partition coefficient (Wildman–Crippen LogP) is 1.33. The van der Waals surface area contributed by atoms with Crippen LogP contribution in [-0.2, 0) is 16.1 Å². The first-order valence-electron chi connectivity index (χ1n) is 9.38. The van der Waals surface area contributed by atoms with Gasteiger partial charge in [-0.3, -0.25) is 14.2 Å². The summed E-state index contributed by atoms with van der Waals surface area (Å²) < 4.78 is 6.71. The van der Waals surface area contributed by atoms with E-state index in [0.29, 0.717) is 31.1 Å². The Balaban J connectivity index is 1.50. The van der Waals surface area contributed by atoms with Gasteiger partial charge in [-0.1, -0.05) is 0 Å². The Hall–Kier alpha value is -3.10. The highest BCUT2D eigenvalue weighted by molar-refractivity contribution is 6.03. The Morgan fingerprint density at radius 2 is 1.93 bits per heavy atom. The molecule has 0 saturated carbocycles. The lowest BCUT2D eigenvalue weighted by molar-refractivity contribution is -0.135. The van der Waals surface area contributed by atoms with Gasteiger partial charge in [0.2, 0.25) is 11.8 Å². The number of H-pyrrole nitrogens is 1. The summed E-state index contributed by atoms with van der Waals surface area (Å²) in [5.41, 5.74) is 0.416. The Kier molecular flexibility index (Phi) is 6.13. The minimum absolute atomic E-state index is 0.135. The van der Waals surface area contributed by atoms with E-state index >= 15 is 0 Å². The van der Waals surface area contributed by atoms with Crippen molar-refractivity contribution >= 4 is 17.5 Å². The van der Waals surface area contributed by atoms with Crippen molar-refractivity contribution in [1.82, 2.24) is 19.7 Å². The fourth-order valence-electron chi connectivity index (χ4n) is 3.46. The highest BCUT2D eigenvalue weighted by Gasteiger charge is 2.28. The summed E-state index contributed by atoms with van der Waals surface area (Å²) in [5, 5.41) is 9.35. The average Bonchev–Trinajstić information content (AvgIpc) is 3.09. The van der Waals surface area contributed by atoms with Crippen LogP contribution in [-0.4, -0.2) is 51.7 Å². The lowest BCUT2D eigenvalue weighted by Crippen LogP contribution is -2.40. The van der Waals surface area contributed by atoms with Crippen molar-refractivity contribution in [1.29, 1.82) is 0 Å². The summed E-state index contributed by atoms with van der Waals surface area (Å²) in [6.45, 7) is 3.56. The number of likely N-dealkylation sites (tertiary alicyclic amines) is 1. The second-order valence-electron chi connectivity index (χ2n) is 6.74. The van der Waals surface area contributed by atoms with E-state index < -0.39 is 0 Å². The number of aromatic nitrogens is 3. The zero-order valence-electron chi connectivity index (χ0n) is 16.1. The molecular formula is C19H25N5O4.